The number of methoxy groups -OCH3 is 1. The van der Waals surface area contributed by atoms with E-state index in [4.69, 9.17) is 4.74 Å². The largest absolute Gasteiger partial charge is 0.381 e. The molecule has 1 N–H and O–H groups in total. The number of hydrogen-bond donors (Lipinski definition) is 1. The molecule has 0 atom stereocenters. The molecule has 2 heterocycles. The predicted molar refractivity (Wildman–Crippen MR) is 69.0 cm³/mol. The number of hydrogen-bond acceptors (Lipinski definition) is 2. The number of H-pyrrole nitrogens is 1. The molecule has 0 amide bonds. The van der Waals surface area contributed by atoms with E-state index in [0.717, 1.165) is 11.6 Å². The monoisotopic (exact) mass is 228 g/mol. The molecule has 1 fully saturated rings. The average Bonchev–Trinajstić information content (AvgIpc) is 3.10. The molecule has 0 aromatic carbocycles. The third-order valence-electron chi connectivity index (χ3n) is 3.21. The van der Waals surface area contributed by atoms with Gasteiger partial charge in [-0.1, -0.05) is 12.2 Å². The predicted octanol–water partition coefficient (Wildman–Crippen LogP) is 3.10. The van der Waals surface area contributed by atoms with Gasteiger partial charge in [0.1, 0.15) is 5.65 Å². The van der Waals surface area contributed by atoms with E-state index in [1.807, 2.05) is 12.3 Å². The van der Waals surface area contributed by atoms with Gasteiger partial charge in [-0.05, 0) is 36.0 Å². The molecule has 1 saturated carbocycles. The maximum atomic E-state index is 5.04. The Morgan fingerprint density at radius 3 is 3.18 bits per heavy atom. The number of nitrogens with zero attached hydrogens (tertiary/aromatic N) is 1. The molecule has 2 aromatic rings. The highest BCUT2D eigenvalue weighted by molar-refractivity contribution is 5.89. The van der Waals surface area contributed by atoms with E-state index in [1.165, 1.54) is 29.4 Å². The molecular formula is C14H16N2O. The van der Waals surface area contributed by atoms with Gasteiger partial charge in [0.25, 0.3) is 0 Å². The molecule has 0 saturated heterocycles. The third kappa shape index (κ3) is 1.98. The Bertz CT molecular complexity index is 552. The molecule has 1 aliphatic rings. The van der Waals surface area contributed by atoms with Gasteiger partial charge in [0.15, 0.2) is 0 Å². The van der Waals surface area contributed by atoms with Crippen LogP contribution in [0.1, 0.15) is 29.9 Å². The average molecular weight is 228 g/mol. The molecule has 0 aliphatic heterocycles. The lowest BCUT2D eigenvalue weighted by Crippen LogP contribution is -1.85. The zero-order valence-electron chi connectivity index (χ0n) is 9.94. The first-order valence-corrected chi connectivity index (χ1v) is 6.01. The van der Waals surface area contributed by atoms with E-state index in [-0.39, 0.29) is 0 Å². The number of fused-ring (bicyclic) bond motifs is 1. The highest BCUT2D eigenvalue weighted by Gasteiger charge is 2.27. The van der Waals surface area contributed by atoms with Crippen molar-refractivity contribution >= 4 is 17.1 Å². The van der Waals surface area contributed by atoms with Crippen molar-refractivity contribution < 1.29 is 4.74 Å². The fourth-order valence-corrected chi connectivity index (χ4v) is 2.23. The second-order valence-electron chi connectivity index (χ2n) is 4.50. The normalized spacial score (nSPS) is 16.1. The number of nitrogens with one attached hydrogen (secondary N) is 1. The van der Waals surface area contributed by atoms with E-state index in [2.05, 4.69) is 28.3 Å². The summed E-state index contributed by atoms with van der Waals surface area (Å²) in [6.07, 6.45) is 10.7. The summed E-state index contributed by atoms with van der Waals surface area (Å²) in [7, 11) is 1.71. The van der Waals surface area contributed by atoms with Crippen LogP contribution < -0.4 is 0 Å². The standard InChI is InChI=1S/C14H16N2O/c1-17-8-2-3-11-6-7-15-14-13(11)12(9-16-14)10-4-5-10/h2-3,6-7,9-10H,4-5,8H2,1H3,(H,15,16)/b3-2+. The minimum atomic E-state index is 0.646. The van der Waals surface area contributed by atoms with E-state index >= 15 is 0 Å². The van der Waals surface area contributed by atoms with Crippen molar-refractivity contribution in [2.75, 3.05) is 13.7 Å². The van der Waals surface area contributed by atoms with Crippen molar-refractivity contribution in [3.8, 4) is 0 Å². The van der Waals surface area contributed by atoms with Crippen LogP contribution in [-0.4, -0.2) is 23.7 Å². The number of ether oxygens (including phenoxy) is 1. The quantitative estimate of drug-likeness (QED) is 0.873. The van der Waals surface area contributed by atoms with Crippen LogP contribution in [0.5, 0.6) is 0 Å². The topological polar surface area (TPSA) is 37.9 Å². The summed E-state index contributed by atoms with van der Waals surface area (Å²) in [6.45, 7) is 0.646. The summed E-state index contributed by atoms with van der Waals surface area (Å²) in [4.78, 5) is 7.64. The molecule has 0 bridgehead atoms. The van der Waals surface area contributed by atoms with Gasteiger partial charge in [-0.25, -0.2) is 4.98 Å². The second-order valence-corrected chi connectivity index (χ2v) is 4.50. The van der Waals surface area contributed by atoms with Crippen LogP contribution in [0.25, 0.3) is 17.1 Å². The Morgan fingerprint density at radius 1 is 1.53 bits per heavy atom. The van der Waals surface area contributed by atoms with Crippen LogP contribution in [0.2, 0.25) is 0 Å². The van der Waals surface area contributed by atoms with Crippen LogP contribution in [0.15, 0.2) is 24.5 Å². The van der Waals surface area contributed by atoms with Gasteiger partial charge < -0.3 is 9.72 Å². The molecule has 1 aliphatic carbocycles. The SMILES string of the molecule is COC/C=C/c1ccnc2[nH]cc(C3CC3)c12. The first-order chi connectivity index (χ1) is 8.40. The van der Waals surface area contributed by atoms with Gasteiger partial charge in [0, 0.05) is 24.9 Å². The van der Waals surface area contributed by atoms with E-state index in [1.54, 1.807) is 7.11 Å². The fourth-order valence-electron chi connectivity index (χ4n) is 2.23. The Balaban J connectivity index is 2.06. The van der Waals surface area contributed by atoms with Gasteiger partial charge in [-0.15, -0.1) is 0 Å². The van der Waals surface area contributed by atoms with Gasteiger partial charge in [0.05, 0.1) is 6.61 Å². The number of rotatable bonds is 4. The Morgan fingerprint density at radius 2 is 2.41 bits per heavy atom. The highest BCUT2D eigenvalue weighted by Crippen LogP contribution is 2.43. The maximum absolute atomic E-state index is 5.04. The van der Waals surface area contributed by atoms with Crippen LogP contribution in [0, 0.1) is 0 Å². The molecule has 3 heteroatoms. The lowest BCUT2D eigenvalue weighted by molar-refractivity contribution is 0.234. The van der Waals surface area contributed by atoms with Crippen molar-refractivity contribution in [1.82, 2.24) is 9.97 Å². The summed E-state index contributed by atoms with van der Waals surface area (Å²) < 4.78 is 5.04. The summed E-state index contributed by atoms with van der Waals surface area (Å²) >= 11 is 0. The minimum absolute atomic E-state index is 0.646. The lowest BCUT2D eigenvalue weighted by atomic mass is 10.1. The zero-order valence-corrected chi connectivity index (χ0v) is 9.94. The Hall–Kier alpha value is -1.61. The molecule has 0 radical (unpaired) electrons. The molecule has 3 nitrogen and oxygen atoms in total. The molecule has 0 spiro atoms. The zero-order chi connectivity index (χ0) is 11.7. The first kappa shape index (κ1) is 10.5. The van der Waals surface area contributed by atoms with Gasteiger partial charge in [0.2, 0.25) is 0 Å². The molecule has 0 unspecified atom stereocenters. The summed E-state index contributed by atoms with van der Waals surface area (Å²) in [5.74, 6) is 0.738. The number of aromatic nitrogens is 2. The molecular weight excluding hydrogens is 212 g/mol. The van der Waals surface area contributed by atoms with Gasteiger partial charge in [-0.3, -0.25) is 0 Å². The van der Waals surface area contributed by atoms with Crippen molar-refractivity contribution in [3.63, 3.8) is 0 Å². The van der Waals surface area contributed by atoms with Gasteiger partial charge in [-0.2, -0.15) is 0 Å². The molecule has 3 rings (SSSR count). The summed E-state index contributed by atoms with van der Waals surface area (Å²) in [5, 5.41) is 1.28. The van der Waals surface area contributed by atoms with Crippen molar-refractivity contribution in [3.05, 3.63) is 35.7 Å². The molecule has 17 heavy (non-hydrogen) atoms. The fraction of sp³-hybridized carbons (Fsp3) is 0.357. The molecule has 2 aromatic heterocycles. The number of aromatic amines is 1. The van der Waals surface area contributed by atoms with Crippen LogP contribution in [0.4, 0.5) is 0 Å². The van der Waals surface area contributed by atoms with Crippen molar-refractivity contribution in [2.24, 2.45) is 0 Å². The first-order valence-electron chi connectivity index (χ1n) is 6.01. The van der Waals surface area contributed by atoms with Crippen LogP contribution in [-0.2, 0) is 4.74 Å². The molecule has 88 valence electrons. The van der Waals surface area contributed by atoms with E-state index < -0.39 is 0 Å². The van der Waals surface area contributed by atoms with Gasteiger partial charge >= 0.3 is 0 Å². The summed E-state index contributed by atoms with van der Waals surface area (Å²) in [5.41, 5.74) is 3.65. The summed E-state index contributed by atoms with van der Waals surface area (Å²) in [6, 6.07) is 2.06. The van der Waals surface area contributed by atoms with E-state index in [0.29, 0.717) is 6.61 Å². The smallest absolute Gasteiger partial charge is 0.138 e. The second kappa shape index (κ2) is 4.34. The Labute approximate surface area is 101 Å². The van der Waals surface area contributed by atoms with Crippen LogP contribution >= 0.6 is 0 Å². The van der Waals surface area contributed by atoms with Crippen molar-refractivity contribution in [2.45, 2.75) is 18.8 Å². The van der Waals surface area contributed by atoms with E-state index in [9.17, 15) is 0 Å². The Kier molecular flexibility index (Phi) is 2.69. The lowest BCUT2D eigenvalue weighted by Gasteiger charge is -2.00. The number of pyridine rings is 1. The van der Waals surface area contributed by atoms with Crippen molar-refractivity contribution in [1.29, 1.82) is 0 Å². The third-order valence-corrected chi connectivity index (χ3v) is 3.21. The highest BCUT2D eigenvalue weighted by atomic mass is 16.5. The van der Waals surface area contributed by atoms with Crippen LogP contribution in [0.3, 0.4) is 0 Å². The maximum Gasteiger partial charge on any atom is 0.138 e. The minimum Gasteiger partial charge on any atom is -0.381 e.